The van der Waals surface area contributed by atoms with Crippen LogP contribution in [0.4, 0.5) is 11.4 Å². The summed E-state index contributed by atoms with van der Waals surface area (Å²) >= 11 is 7.39. The quantitative estimate of drug-likeness (QED) is 0.590. The molecule has 1 aromatic heterocycles. The summed E-state index contributed by atoms with van der Waals surface area (Å²) in [6.07, 6.45) is 1.44. The third-order valence-corrected chi connectivity index (χ3v) is 4.68. The summed E-state index contributed by atoms with van der Waals surface area (Å²) in [7, 11) is 0. The molecule has 0 atom stereocenters. The highest BCUT2D eigenvalue weighted by molar-refractivity contribution is 8.00. The van der Waals surface area contributed by atoms with E-state index < -0.39 is 0 Å². The van der Waals surface area contributed by atoms with Gasteiger partial charge in [-0.15, -0.1) is 11.8 Å². The van der Waals surface area contributed by atoms with Gasteiger partial charge in [-0.3, -0.25) is 9.59 Å². The number of halogens is 1. The smallest absolute Gasteiger partial charge is 0.291 e. The van der Waals surface area contributed by atoms with E-state index in [1.165, 1.54) is 18.0 Å². The predicted octanol–water partition coefficient (Wildman–Crippen LogP) is 4.92. The van der Waals surface area contributed by atoms with Crippen molar-refractivity contribution in [2.75, 3.05) is 16.4 Å². The van der Waals surface area contributed by atoms with Crippen LogP contribution in [-0.2, 0) is 4.79 Å². The average Bonchev–Trinajstić information content (AvgIpc) is 3.17. The Labute approximate surface area is 159 Å². The van der Waals surface area contributed by atoms with Gasteiger partial charge >= 0.3 is 0 Å². The van der Waals surface area contributed by atoms with Gasteiger partial charge in [-0.2, -0.15) is 0 Å². The summed E-state index contributed by atoms with van der Waals surface area (Å²) in [5.74, 6) is -0.0234. The van der Waals surface area contributed by atoms with Crippen molar-refractivity contribution >= 4 is 46.6 Å². The maximum Gasteiger partial charge on any atom is 0.291 e. The number of thioether (sulfide) groups is 1. The first kappa shape index (κ1) is 18.1. The number of nitrogens with one attached hydrogen (secondary N) is 2. The number of para-hydroxylation sites is 1. The lowest BCUT2D eigenvalue weighted by Crippen LogP contribution is -2.14. The topological polar surface area (TPSA) is 71.3 Å². The molecule has 0 saturated carbocycles. The van der Waals surface area contributed by atoms with E-state index >= 15 is 0 Å². The van der Waals surface area contributed by atoms with Gasteiger partial charge in [-0.05, 0) is 42.5 Å². The molecular formula is C19H15ClN2O3S. The Hall–Kier alpha value is -2.70. The zero-order valence-corrected chi connectivity index (χ0v) is 15.1. The van der Waals surface area contributed by atoms with Crippen molar-refractivity contribution < 1.29 is 14.0 Å². The van der Waals surface area contributed by atoms with Crippen LogP contribution in [0, 0.1) is 0 Å². The van der Waals surface area contributed by atoms with Crippen molar-refractivity contribution in [1.29, 1.82) is 0 Å². The van der Waals surface area contributed by atoms with Crippen LogP contribution in [0.2, 0.25) is 5.02 Å². The number of hydrogen-bond acceptors (Lipinski definition) is 4. The van der Waals surface area contributed by atoms with Crippen LogP contribution in [0.5, 0.6) is 0 Å². The average molecular weight is 387 g/mol. The van der Waals surface area contributed by atoms with Gasteiger partial charge in [0.1, 0.15) is 0 Å². The number of carbonyl (C=O) groups excluding carboxylic acids is 2. The lowest BCUT2D eigenvalue weighted by molar-refractivity contribution is -0.113. The van der Waals surface area contributed by atoms with Crippen LogP contribution >= 0.6 is 23.4 Å². The van der Waals surface area contributed by atoms with Gasteiger partial charge in [-0.1, -0.05) is 29.8 Å². The maximum absolute atomic E-state index is 12.1. The normalized spacial score (nSPS) is 10.3. The van der Waals surface area contributed by atoms with Crippen LogP contribution in [0.15, 0.2) is 76.2 Å². The molecule has 0 unspecified atom stereocenters. The molecule has 2 N–H and O–H groups in total. The number of carbonyl (C=O) groups is 2. The van der Waals surface area contributed by atoms with Gasteiger partial charge in [-0.25, -0.2) is 0 Å². The fourth-order valence-corrected chi connectivity index (χ4v) is 3.10. The second-order valence-electron chi connectivity index (χ2n) is 5.28. The third kappa shape index (κ3) is 4.91. The molecule has 0 radical (unpaired) electrons. The molecule has 0 aliphatic rings. The molecule has 0 fully saturated rings. The molecule has 2 amide bonds. The first-order valence-corrected chi connectivity index (χ1v) is 9.10. The zero-order valence-electron chi connectivity index (χ0n) is 13.6. The molecule has 0 bridgehead atoms. The Balaban J connectivity index is 1.56. The molecule has 132 valence electrons. The minimum atomic E-state index is -0.325. The minimum absolute atomic E-state index is 0.159. The molecule has 26 heavy (non-hydrogen) atoms. The Morgan fingerprint density at radius 3 is 2.62 bits per heavy atom. The van der Waals surface area contributed by atoms with E-state index in [0.29, 0.717) is 16.4 Å². The van der Waals surface area contributed by atoms with Crippen molar-refractivity contribution in [2.45, 2.75) is 4.90 Å². The summed E-state index contributed by atoms with van der Waals surface area (Å²) in [5.41, 5.74) is 1.21. The Bertz CT molecular complexity index is 913. The summed E-state index contributed by atoms with van der Waals surface area (Å²) in [6, 6.07) is 17.6. The lowest BCUT2D eigenvalue weighted by Gasteiger charge is -2.08. The molecule has 0 saturated heterocycles. The molecule has 1 heterocycles. The van der Waals surface area contributed by atoms with E-state index in [0.717, 1.165) is 4.90 Å². The van der Waals surface area contributed by atoms with Gasteiger partial charge in [0.2, 0.25) is 5.91 Å². The molecule has 0 aliphatic heterocycles. The maximum atomic E-state index is 12.1. The SMILES string of the molecule is O=C(CSc1cccc(NC(=O)c2ccco2)c1)Nc1ccccc1Cl. The van der Waals surface area contributed by atoms with Gasteiger partial charge in [0, 0.05) is 10.6 Å². The van der Waals surface area contributed by atoms with Crippen molar-refractivity contribution in [2.24, 2.45) is 0 Å². The van der Waals surface area contributed by atoms with E-state index in [4.69, 9.17) is 16.0 Å². The van der Waals surface area contributed by atoms with E-state index in [-0.39, 0.29) is 23.3 Å². The monoisotopic (exact) mass is 386 g/mol. The molecular weight excluding hydrogens is 372 g/mol. The van der Waals surface area contributed by atoms with Gasteiger partial charge in [0.25, 0.3) is 5.91 Å². The summed E-state index contributed by atoms with van der Waals surface area (Å²) in [6.45, 7) is 0. The zero-order chi connectivity index (χ0) is 18.4. The van der Waals surface area contributed by atoms with E-state index in [2.05, 4.69) is 10.6 Å². The summed E-state index contributed by atoms with van der Waals surface area (Å²) in [5, 5.41) is 6.02. The molecule has 0 spiro atoms. The first-order chi connectivity index (χ1) is 12.6. The van der Waals surface area contributed by atoms with E-state index in [1.54, 1.807) is 48.5 Å². The standard InChI is InChI=1S/C19H15ClN2O3S/c20-15-7-1-2-8-16(15)22-18(23)12-26-14-6-3-5-13(11-14)21-19(24)17-9-4-10-25-17/h1-11H,12H2,(H,21,24)(H,22,23). The van der Waals surface area contributed by atoms with Crippen LogP contribution < -0.4 is 10.6 Å². The minimum Gasteiger partial charge on any atom is -0.459 e. The lowest BCUT2D eigenvalue weighted by atomic mass is 10.3. The van der Waals surface area contributed by atoms with Gasteiger partial charge in [0.15, 0.2) is 5.76 Å². The summed E-state index contributed by atoms with van der Waals surface area (Å²) in [4.78, 5) is 24.9. The largest absolute Gasteiger partial charge is 0.459 e. The molecule has 7 heteroatoms. The van der Waals surface area contributed by atoms with E-state index in [1.807, 2.05) is 12.1 Å². The Kier molecular flexibility index (Phi) is 5.99. The molecule has 2 aromatic carbocycles. The second-order valence-corrected chi connectivity index (χ2v) is 6.73. The second kappa shape index (κ2) is 8.60. The molecule has 0 aliphatic carbocycles. The Morgan fingerprint density at radius 2 is 1.85 bits per heavy atom. The fraction of sp³-hybridized carbons (Fsp3) is 0.0526. The predicted molar refractivity (Wildman–Crippen MR) is 104 cm³/mol. The fourth-order valence-electron chi connectivity index (χ4n) is 2.16. The van der Waals surface area contributed by atoms with Gasteiger partial charge < -0.3 is 15.1 Å². The van der Waals surface area contributed by atoms with Crippen molar-refractivity contribution in [1.82, 2.24) is 0 Å². The van der Waals surface area contributed by atoms with Crippen molar-refractivity contribution in [3.05, 3.63) is 77.7 Å². The van der Waals surface area contributed by atoms with Crippen LogP contribution in [0.25, 0.3) is 0 Å². The van der Waals surface area contributed by atoms with Gasteiger partial charge in [0.05, 0.1) is 22.7 Å². The molecule has 5 nitrogen and oxygen atoms in total. The van der Waals surface area contributed by atoms with Crippen molar-refractivity contribution in [3.63, 3.8) is 0 Å². The number of hydrogen-bond donors (Lipinski definition) is 2. The van der Waals surface area contributed by atoms with Crippen LogP contribution in [0.3, 0.4) is 0 Å². The van der Waals surface area contributed by atoms with Crippen LogP contribution in [-0.4, -0.2) is 17.6 Å². The van der Waals surface area contributed by atoms with Crippen molar-refractivity contribution in [3.8, 4) is 0 Å². The number of anilines is 2. The number of rotatable bonds is 6. The number of furan rings is 1. The summed E-state index contributed by atoms with van der Waals surface area (Å²) < 4.78 is 5.06. The molecule has 3 rings (SSSR count). The number of benzene rings is 2. The highest BCUT2D eigenvalue weighted by Gasteiger charge is 2.10. The van der Waals surface area contributed by atoms with E-state index in [9.17, 15) is 9.59 Å². The molecule has 3 aromatic rings. The highest BCUT2D eigenvalue weighted by atomic mass is 35.5. The number of amides is 2. The van der Waals surface area contributed by atoms with Crippen LogP contribution in [0.1, 0.15) is 10.6 Å². The third-order valence-electron chi connectivity index (χ3n) is 3.35. The first-order valence-electron chi connectivity index (χ1n) is 7.74. The Morgan fingerprint density at radius 1 is 1.00 bits per heavy atom. The highest BCUT2D eigenvalue weighted by Crippen LogP contribution is 2.24.